The Balaban J connectivity index is 6.15. The van der Waals surface area contributed by atoms with E-state index in [2.05, 4.69) is 20.8 Å². The zero-order valence-electron chi connectivity index (χ0n) is 21.7. The van der Waals surface area contributed by atoms with Crippen molar-refractivity contribution in [2.75, 3.05) is 19.8 Å². The highest BCUT2D eigenvalue weighted by molar-refractivity contribution is 5.96. The van der Waals surface area contributed by atoms with E-state index < -0.39 is 96.5 Å². The lowest BCUT2D eigenvalue weighted by atomic mass is 9.88. The van der Waals surface area contributed by atoms with Crippen LogP contribution in [0, 0.1) is 5.92 Å². The molecule has 0 bridgehead atoms. The van der Waals surface area contributed by atoms with Gasteiger partial charge in [0.25, 0.3) is 0 Å². The van der Waals surface area contributed by atoms with Gasteiger partial charge in [0, 0.05) is 5.57 Å². The Bertz CT molecular complexity index is 1070. The maximum Gasteiger partial charge on any atom is 0.460 e. The molecule has 1 atom stereocenters. The molecule has 0 radical (unpaired) electrons. The Kier molecular flexibility index (Phi) is 12.2. The third-order valence-electron chi connectivity index (χ3n) is 5.37. The van der Waals surface area contributed by atoms with Gasteiger partial charge in [0.1, 0.15) is 0 Å². The predicted molar refractivity (Wildman–Crippen MR) is 107 cm³/mol. The maximum absolute atomic E-state index is 14.0. The molecule has 0 aromatic carbocycles. The molecular formula is C21H19F17O6. The maximum atomic E-state index is 14.0. The number of hydrogen-bond donors (Lipinski definition) is 0. The van der Waals surface area contributed by atoms with Gasteiger partial charge in [-0.3, -0.25) is 9.59 Å². The first-order valence-corrected chi connectivity index (χ1v) is 11.3. The fourth-order valence-corrected chi connectivity index (χ4v) is 2.84. The van der Waals surface area contributed by atoms with Crippen molar-refractivity contribution in [2.24, 2.45) is 5.92 Å². The van der Waals surface area contributed by atoms with Crippen molar-refractivity contribution in [1.29, 1.82) is 0 Å². The zero-order valence-corrected chi connectivity index (χ0v) is 21.7. The molecule has 0 aromatic rings. The highest BCUT2D eigenvalue weighted by atomic mass is 19.4. The minimum Gasteiger partial charge on any atom is -0.466 e. The average Bonchev–Trinajstić information content (AvgIpc) is 2.85. The summed E-state index contributed by atoms with van der Waals surface area (Å²) in [5.41, 5.74) is -1.14. The molecule has 0 aliphatic carbocycles. The van der Waals surface area contributed by atoms with E-state index in [1.165, 1.54) is 13.8 Å². The van der Waals surface area contributed by atoms with Crippen molar-refractivity contribution >= 4 is 17.9 Å². The van der Waals surface area contributed by atoms with Gasteiger partial charge in [-0.2, -0.15) is 74.6 Å². The van der Waals surface area contributed by atoms with Crippen LogP contribution in [0.2, 0.25) is 0 Å². The average molecular weight is 690 g/mol. The van der Waals surface area contributed by atoms with Crippen LogP contribution in [-0.2, 0) is 28.6 Å². The first kappa shape index (κ1) is 41.0. The lowest BCUT2D eigenvalue weighted by Gasteiger charge is -2.42. The van der Waals surface area contributed by atoms with Crippen LogP contribution in [0.15, 0.2) is 12.2 Å². The molecule has 0 rings (SSSR count). The standard InChI is InChI=1S/C21H19F17O6/c1-4-42-11(39)8-10(13(41)43-5-2)9(3)12(40)44-7-6-14(22,23)15(24,25)16(26,27)17(28,29)18(30,31)19(32,33)20(34,35)21(36,37)38/h10H,3-8H2,1-2H3. The Morgan fingerprint density at radius 1 is 0.591 bits per heavy atom. The van der Waals surface area contributed by atoms with Gasteiger partial charge >= 0.3 is 65.5 Å². The van der Waals surface area contributed by atoms with Gasteiger partial charge in [-0.05, 0) is 13.8 Å². The summed E-state index contributed by atoms with van der Waals surface area (Å²) in [6.45, 7) is 2.56. The summed E-state index contributed by atoms with van der Waals surface area (Å²) in [6.07, 6.45) is -11.9. The molecule has 0 spiro atoms. The van der Waals surface area contributed by atoms with E-state index in [1.807, 2.05) is 0 Å². The molecular weight excluding hydrogens is 671 g/mol. The minimum absolute atomic E-state index is 0.271. The molecule has 0 saturated carbocycles. The third kappa shape index (κ3) is 7.09. The fourth-order valence-electron chi connectivity index (χ4n) is 2.84. The summed E-state index contributed by atoms with van der Waals surface area (Å²) in [6, 6.07) is 0. The van der Waals surface area contributed by atoms with Crippen molar-refractivity contribution in [1.82, 2.24) is 0 Å². The number of carbonyl (C=O) groups excluding carboxylic acids is 3. The van der Waals surface area contributed by atoms with Crippen molar-refractivity contribution < 1.29 is 103 Å². The first-order chi connectivity index (χ1) is 19.4. The van der Waals surface area contributed by atoms with Crippen LogP contribution in [-0.4, -0.2) is 85.4 Å². The number of alkyl halides is 17. The monoisotopic (exact) mass is 690 g/mol. The smallest absolute Gasteiger partial charge is 0.460 e. The van der Waals surface area contributed by atoms with E-state index >= 15 is 0 Å². The summed E-state index contributed by atoms with van der Waals surface area (Å²) in [7, 11) is 0. The van der Waals surface area contributed by atoms with Crippen molar-refractivity contribution in [2.45, 2.75) is 74.3 Å². The topological polar surface area (TPSA) is 78.9 Å². The quantitative estimate of drug-likeness (QED) is 0.0785. The van der Waals surface area contributed by atoms with Gasteiger partial charge in [-0.1, -0.05) is 6.58 Å². The van der Waals surface area contributed by atoms with E-state index in [1.54, 1.807) is 0 Å². The summed E-state index contributed by atoms with van der Waals surface area (Å²) < 4.78 is 239. The number of halogens is 17. The van der Waals surface area contributed by atoms with E-state index in [0.29, 0.717) is 0 Å². The predicted octanol–water partition coefficient (Wildman–Crippen LogP) is 6.62. The van der Waals surface area contributed by atoms with Crippen molar-refractivity contribution in [3.63, 3.8) is 0 Å². The van der Waals surface area contributed by atoms with E-state index in [-0.39, 0.29) is 13.2 Å². The number of carbonyl (C=O) groups is 3. The molecule has 1 unspecified atom stereocenters. The van der Waals surface area contributed by atoms with Crippen LogP contribution in [0.1, 0.15) is 26.7 Å². The molecule has 0 heterocycles. The summed E-state index contributed by atoms with van der Waals surface area (Å²) in [5, 5.41) is 0. The van der Waals surface area contributed by atoms with E-state index in [0.717, 1.165) is 0 Å². The molecule has 0 amide bonds. The van der Waals surface area contributed by atoms with Gasteiger partial charge < -0.3 is 14.2 Å². The normalized spacial score (nSPS) is 15.0. The molecule has 0 aliphatic heterocycles. The lowest BCUT2D eigenvalue weighted by molar-refractivity contribution is -0.461. The fraction of sp³-hybridized carbons (Fsp3) is 0.762. The van der Waals surface area contributed by atoms with Gasteiger partial charge in [-0.25, -0.2) is 4.79 Å². The van der Waals surface area contributed by atoms with Crippen LogP contribution in [0.25, 0.3) is 0 Å². The molecule has 6 nitrogen and oxygen atoms in total. The summed E-state index contributed by atoms with van der Waals surface area (Å²) in [4.78, 5) is 35.6. The third-order valence-corrected chi connectivity index (χ3v) is 5.37. The van der Waals surface area contributed by atoms with Crippen LogP contribution < -0.4 is 0 Å². The molecule has 258 valence electrons. The van der Waals surface area contributed by atoms with Crippen LogP contribution in [0.4, 0.5) is 74.6 Å². The second-order valence-electron chi connectivity index (χ2n) is 8.37. The molecule has 0 aromatic heterocycles. The Hall–Kier alpha value is -3.04. The van der Waals surface area contributed by atoms with Crippen LogP contribution >= 0.6 is 0 Å². The number of ether oxygens (including phenoxy) is 3. The molecule has 0 aliphatic rings. The highest BCUT2D eigenvalue weighted by Gasteiger charge is 2.95. The molecule has 44 heavy (non-hydrogen) atoms. The van der Waals surface area contributed by atoms with Crippen molar-refractivity contribution in [3.05, 3.63) is 12.2 Å². The second kappa shape index (κ2) is 13.1. The Morgan fingerprint density at radius 3 is 1.36 bits per heavy atom. The number of rotatable bonds is 16. The van der Waals surface area contributed by atoms with E-state index in [9.17, 15) is 89.0 Å². The first-order valence-electron chi connectivity index (χ1n) is 11.3. The van der Waals surface area contributed by atoms with Gasteiger partial charge in [0.15, 0.2) is 0 Å². The SMILES string of the molecule is C=C(C(=O)OCCC(F)(F)C(F)(F)C(F)(F)C(F)(F)C(F)(F)C(F)(F)C(F)(F)C(F)(F)F)C(CC(=O)OCC)C(=O)OCC. The van der Waals surface area contributed by atoms with Gasteiger partial charge in [0.05, 0.1) is 38.6 Å². The summed E-state index contributed by atoms with van der Waals surface area (Å²) in [5.74, 6) is -64.3. The minimum atomic E-state index is -8.77. The highest BCUT2D eigenvalue weighted by Crippen LogP contribution is 2.64. The number of hydrogen-bond acceptors (Lipinski definition) is 6. The summed E-state index contributed by atoms with van der Waals surface area (Å²) >= 11 is 0. The lowest BCUT2D eigenvalue weighted by Crippen LogP contribution is -2.74. The zero-order chi connectivity index (χ0) is 35.5. The molecule has 0 N–H and O–H groups in total. The molecule has 23 heteroatoms. The van der Waals surface area contributed by atoms with Gasteiger partial charge in [0.2, 0.25) is 0 Å². The van der Waals surface area contributed by atoms with Crippen molar-refractivity contribution in [3.8, 4) is 0 Å². The second-order valence-corrected chi connectivity index (χ2v) is 8.37. The van der Waals surface area contributed by atoms with Crippen LogP contribution in [0.5, 0.6) is 0 Å². The largest absolute Gasteiger partial charge is 0.466 e. The Labute approximate surface area is 234 Å². The Morgan fingerprint density at radius 2 is 0.977 bits per heavy atom. The molecule has 0 saturated heterocycles. The number of esters is 3. The van der Waals surface area contributed by atoms with Gasteiger partial charge in [-0.15, -0.1) is 0 Å². The van der Waals surface area contributed by atoms with Crippen LogP contribution in [0.3, 0.4) is 0 Å². The van der Waals surface area contributed by atoms with E-state index in [4.69, 9.17) is 0 Å². The molecule has 0 fully saturated rings.